The Morgan fingerprint density at radius 2 is 2.29 bits per heavy atom. The van der Waals surface area contributed by atoms with Crippen molar-refractivity contribution < 1.29 is 0 Å². The number of nitrogens with zero attached hydrogens (tertiary/aromatic N) is 2. The maximum absolute atomic E-state index is 4.41. The van der Waals surface area contributed by atoms with Gasteiger partial charge in [0.25, 0.3) is 0 Å². The summed E-state index contributed by atoms with van der Waals surface area (Å²) in [5, 5.41) is 5.41. The fourth-order valence-corrected chi connectivity index (χ4v) is 2.77. The van der Waals surface area contributed by atoms with Gasteiger partial charge in [-0.2, -0.15) is 0 Å². The van der Waals surface area contributed by atoms with E-state index in [0.29, 0.717) is 0 Å². The molecule has 0 radical (unpaired) electrons. The van der Waals surface area contributed by atoms with Crippen molar-refractivity contribution in [1.29, 1.82) is 0 Å². The lowest BCUT2D eigenvalue weighted by molar-refractivity contribution is 1.09. The van der Waals surface area contributed by atoms with Crippen LogP contribution >= 0.6 is 33.9 Å². The van der Waals surface area contributed by atoms with Crippen LogP contribution in [-0.2, 0) is 6.54 Å². The highest BCUT2D eigenvalue weighted by Gasteiger charge is 2.06. The molecule has 3 rings (SSSR count). The van der Waals surface area contributed by atoms with Crippen molar-refractivity contribution in [2.45, 2.75) is 6.54 Å². The lowest BCUT2D eigenvalue weighted by Gasteiger charge is -2.05. The lowest BCUT2D eigenvalue weighted by Crippen LogP contribution is -2.02. The molecule has 86 valence electrons. The van der Waals surface area contributed by atoms with Crippen LogP contribution in [0.5, 0.6) is 0 Å². The number of hydrogen-bond acceptors (Lipinski definition) is 4. The highest BCUT2D eigenvalue weighted by atomic mass is 127. The largest absolute Gasteiger partial charge is 0.363 e. The van der Waals surface area contributed by atoms with E-state index in [1.54, 1.807) is 11.3 Å². The third-order valence-electron chi connectivity index (χ3n) is 2.39. The number of aromatic amines is 1. The molecule has 0 unspecified atom stereocenters. The third kappa shape index (κ3) is 2.27. The van der Waals surface area contributed by atoms with Gasteiger partial charge in [-0.05, 0) is 17.5 Å². The van der Waals surface area contributed by atoms with Gasteiger partial charge in [-0.15, -0.1) is 11.3 Å². The predicted molar refractivity (Wildman–Crippen MR) is 78.3 cm³/mol. The van der Waals surface area contributed by atoms with Crippen molar-refractivity contribution in [1.82, 2.24) is 15.0 Å². The van der Waals surface area contributed by atoms with E-state index in [1.807, 2.05) is 12.3 Å². The summed E-state index contributed by atoms with van der Waals surface area (Å²) in [4.78, 5) is 13.2. The molecule has 4 nitrogen and oxygen atoms in total. The van der Waals surface area contributed by atoms with Crippen LogP contribution in [0, 0.1) is 3.83 Å². The number of fused-ring (bicyclic) bond motifs is 1. The molecule has 0 aliphatic carbocycles. The van der Waals surface area contributed by atoms with Crippen LogP contribution in [0.2, 0.25) is 0 Å². The molecule has 6 heteroatoms. The molecule has 0 spiro atoms. The Morgan fingerprint density at radius 3 is 3.12 bits per heavy atom. The Kier molecular flexibility index (Phi) is 2.98. The molecular weight excluding hydrogens is 347 g/mol. The summed E-state index contributed by atoms with van der Waals surface area (Å²) in [6.45, 7) is 0.791. The standard InChI is InChI=1S/C11H9IN4S/c12-11-15-8-3-4-13-9(8)10(16-11)14-6-7-2-1-5-17-7/h1-5,13H,6H2,(H,14,15,16). The molecule has 0 fully saturated rings. The van der Waals surface area contributed by atoms with Gasteiger partial charge in [0.15, 0.2) is 9.65 Å². The van der Waals surface area contributed by atoms with Crippen molar-refractivity contribution in [2.75, 3.05) is 5.32 Å². The molecule has 3 aromatic rings. The van der Waals surface area contributed by atoms with Crippen LogP contribution in [0.4, 0.5) is 5.82 Å². The number of rotatable bonds is 3. The number of halogens is 1. The molecule has 3 heterocycles. The summed E-state index contributed by atoms with van der Waals surface area (Å²) in [5.41, 5.74) is 1.90. The molecule has 2 N–H and O–H groups in total. The van der Waals surface area contributed by atoms with E-state index in [9.17, 15) is 0 Å². The smallest absolute Gasteiger partial charge is 0.193 e. The number of anilines is 1. The third-order valence-corrected chi connectivity index (χ3v) is 3.75. The SMILES string of the molecule is Ic1nc(NCc2cccs2)c2[nH]ccc2n1. The summed E-state index contributed by atoms with van der Waals surface area (Å²) in [7, 11) is 0. The van der Waals surface area contributed by atoms with E-state index in [-0.39, 0.29) is 0 Å². The summed E-state index contributed by atoms with van der Waals surface area (Å²) in [5.74, 6) is 0.859. The molecule has 3 aromatic heterocycles. The molecule has 0 saturated carbocycles. The fraction of sp³-hybridized carbons (Fsp3) is 0.0909. The van der Waals surface area contributed by atoms with E-state index in [1.165, 1.54) is 4.88 Å². The highest BCUT2D eigenvalue weighted by molar-refractivity contribution is 14.1. The molecule has 0 amide bonds. The normalized spacial score (nSPS) is 10.9. The zero-order chi connectivity index (χ0) is 11.7. The average Bonchev–Trinajstić information content (AvgIpc) is 2.95. The first-order valence-electron chi connectivity index (χ1n) is 5.10. The van der Waals surface area contributed by atoms with Crippen LogP contribution in [0.1, 0.15) is 4.88 Å². The second-order valence-corrected chi connectivity index (χ2v) is 5.51. The number of H-pyrrole nitrogens is 1. The van der Waals surface area contributed by atoms with E-state index in [2.05, 4.69) is 60.4 Å². The van der Waals surface area contributed by atoms with Gasteiger partial charge >= 0.3 is 0 Å². The molecule has 0 saturated heterocycles. The Morgan fingerprint density at radius 1 is 1.35 bits per heavy atom. The predicted octanol–water partition coefficient (Wildman–Crippen LogP) is 3.24. The maximum atomic E-state index is 4.41. The van der Waals surface area contributed by atoms with Gasteiger partial charge < -0.3 is 10.3 Å². The molecule has 0 aliphatic rings. The van der Waals surface area contributed by atoms with Crippen molar-refractivity contribution in [2.24, 2.45) is 0 Å². The zero-order valence-electron chi connectivity index (χ0n) is 8.77. The molecule has 0 bridgehead atoms. The topological polar surface area (TPSA) is 53.6 Å². The summed E-state index contributed by atoms with van der Waals surface area (Å²) in [6.07, 6.45) is 1.88. The molecule has 0 aliphatic heterocycles. The molecular formula is C11H9IN4S. The first kappa shape index (κ1) is 11.0. The minimum atomic E-state index is 0.753. The van der Waals surface area contributed by atoms with Gasteiger partial charge in [0.1, 0.15) is 5.52 Å². The van der Waals surface area contributed by atoms with Crippen LogP contribution in [0.3, 0.4) is 0 Å². The van der Waals surface area contributed by atoms with Crippen LogP contribution in [-0.4, -0.2) is 15.0 Å². The van der Waals surface area contributed by atoms with Crippen LogP contribution in [0.15, 0.2) is 29.8 Å². The Labute approximate surface area is 116 Å². The summed E-state index contributed by atoms with van der Waals surface area (Å²) in [6, 6.07) is 6.11. The van der Waals surface area contributed by atoms with E-state index < -0.39 is 0 Å². The lowest BCUT2D eigenvalue weighted by atomic mass is 10.4. The first-order valence-corrected chi connectivity index (χ1v) is 7.05. The van der Waals surface area contributed by atoms with E-state index in [4.69, 9.17) is 0 Å². The monoisotopic (exact) mass is 356 g/mol. The Balaban J connectivity index is 1.91. The second kappa shape index (κ2) is 4.61. The quantitative estimate of drug-likeness (QED) is 0.560. The number of hydrogen-bond donors (Lipinski definition) is 2. The number of nitrogens with one attached hydrogen (secondary N) is 2. The Bertz CT molecular complexity index is 632. The van der Waals surface area contributed by atoms with Crippen molar-refractivity contribution in [3.8, 4) is 0 Å². The van der Waals surface area contributed by atoms with Gasteiger partial charge in [-0.3, -0.25) is 0 Å². The van der Waals surface area contributed by atoms with Crippen LogP contribution in [0.25, 0.3) is 11.0 Å². The average molecular weight is 356 g/mol. The second-order valence-electron chi connectivity index (χ2n) is 3.51. The fourth-order valence-electron chi connectivity index (χ4n) is 1.63. The van der Waals surface area contributed by atoms with Crippen molar-refractivity contribution in [3.05, 3.63) is 38.5 Å². The number of aromatic nitrogens is 3. The van der Waals surface area contributed by atoms with E-state index in [0.717, 1.165) is 27.2 Å². The van der Waals surface area contributed by atoms with Gasteiger partial charge in [0.05, 0.1) is 12.1 Å². The minimum Gasteiger partial charge on any atom is -0.363 e. The van der Waals surface area contributed by atoms with Crippen molar-refractivity contribution >= 4 is 50.8 Å². The molecule has 0 atom stereocenters. The highest BCUT2D eigenvalue weighted by Crippen LogP contribution is 2.20. The van der Waals surface area contributed by atoms with E-state index >= 15 is 0 Å². The summed E-state index contributed by atoms with van der Waals surface area (Å²) >= 11 is 3.87. The first-order chi connectivity index (χ1) is 8.33. The van der Waals surface area contributed by atoms with Crippen molar-refractivity contribution in [3.63, 3.8) is 0 Å². The molecule has 17 heavy (non-hydrogen) atoms. The maximum Gasteiger partial charge on any atom is 0.193 e. The van der Waals surface area contributed by atoms with Gasteiger partial charge in [-0.25, -0.2) is 9.97 Å². The Hall–Kier alpha value is -1.15. The zero-order valence-corrected chi connectivity index (χ0v) is 11.7. The van der Waals surface area contributed by atoms with Gasteiger partial charge in [0, 0.05) is 33.7 Å². The van der Waals surface area contributed by atoms with Gasteiger partial charge in [-0.1, -0.05) is 6.07 Å². The molecule has 0 aromatic carbocycles. The summed E-state index contributed by atoms with van der Waals surface area (Å²) < 4.78 is 0.753. The minimum absolute atomic E-state index is 0.753. The number of thiophene rings is 1. The van der Waals surface area contributed by atoms with Crippen LogP contribution < -0.4 is 5.32 Å². The van der Waals surface area contributed by atoms with Gasteiger partial charge in [0.2, 0.25) is 0 Å².